The van der Waals surface area contributed by atoms with Crippen molar-refractivity contribution in [2.75, 3.05) is 0 Å². The highest BCUT2D eigenvalue weighted by molar-refractivity contribution is 9.10. The smallest absolute Gasteiger partial charge is 0.116 e. The molecule has 1 aromatic heterocycles. The Balaban J connectivity index is 1.99. The first-order valence-corrected chi connectivity index (χ1v) is 6.12. The molecule has 0 aliphatic rings. The van der Waals surface area contributed by atoms with Gasteiger partial charge in [0.2, 0.25) is 0 Å². The molecule has 0 aliphatic heterocycles. The molecule has 0 radical (unpaired) electrons. The number of nitrogens with zero attached hydrogens (tertiary/aromatic N) is 2. The predicted octanol–water partition coefficient (Wildman–Crippen LogP) is 3.68. The van der Waals surface area contributed by atoms with E-state index in [1.165, 1.54) is 5.56 Å². The van der Waals surface area contributed by atoms with E-state index in [4.69, 9.17) is 11.6 Å². The first kappa shape index (κ1) is 11.6. The Morgan fingerprint density at radius 2 is 1.81 bits per heavy atom. The number of halogens is 2. The van der Waals surface area contributed by atoms with Gasteiger partial charge in [-0.3, -0.25) is 0 Å². The van der Waals surface area contributed by atoms with Crippen LogP contribution >= 0.6 is 27.5 Å². The van der Waals surface area contributed by atoms with Gasteiger partial charge in [-0.2, -0.15) is 0 Å². The van der Waals surface area contributed by atoms with Crippen molar-refractivity contribution < 1.29 is 0 Å². The van der Waals surface area contributed by atoms with Crippen LogP contribution in [-0.4, -0.2) is 9.97 Å². The number of rotatable bonds is 3. The number of aryl methyl sites for hydroxylation is 2. The van der Waals surface area contributed by atoms with Crippen LogP contribution in [0.25, 0.3) is 0 Å². The van der Waals surface area contributed by atoms with Gasteiger partial charge in [-0.15, -0.1) is 0 Å². The molecule has 2 rings (SSSR count). The third-order valence-corrected chi connectivity index (χ3v) is 2.96. The third kappa shape index (κ3) is 3.29. The molecule has 0 aliphatic carbocycles. The summed E-state index contributed by atoms with van der Waals surface area (Å²) in [6.45, 7) is 0. The fraction of sp³-hybridized carbons (Fsp3) is 0.167. The quantitative estimate of drug-likeness (QED) is 0.808. The molecule has 0 bridgehead atoms. The lowest BCUT2D eigenvalue weighted by Gasteiger charge is -2.01. The average Bonchev–Trinajstić information content (AvgIpc) is 2.28. The maximum atomic E-state index is 5.82. The van der Waals surface area contributed by atoms with Crippen LogP contribution in [0.5, 0.6) is 0 Å². The fourth-order valence-corrected chi connectivity index (χ4v) is 1.91. The summed E-state index contributed by atoms with van der Waals surface area (Å²) in [6.07, 6.45) is 3.44. The van der Waals surface area contributed by atoms with Crippen LogP contribution in [0.15, 0.2) is 41.3 Å². The second kappa shape index (κ2) is 5.41. The molecule has 0 unspecified atom stereocenters. The molecule has 0 N–H and O–H groups in total. The molecule has 2 aromatic rings. The first-order chi connectivity index (χ1) is 7.74. The zero-order valence-corrected chi connectivity index (χ0v) is 10.9. The molecule has 1 aromatic carbocycles. The van der Waals surface area contributed by atoms with Crippen molar-refractivity contribution in [3.05, 3.63) is 57.5 Å². The molecule has 0 amide bonds. The normalized spacial score (nSPS) is 10.4. The van der Waals surface area contributed by atoms with Gasteiger partial charge in [-0.05, 0) is 52.5 Å². The molecule has 0 fully saturated rings. The standard InChI is InChI=1S/C12H10BrClN2/c13-12-7-11(15-8-16-12)6-3-9-1-4-10(14)5-2-9/h1-2,4-5,7-8H,3,6H2. The number of hydrogen-bond donors (Lipinski definition) is 0. The van der Waals surface area contributed by atoms with Gasteiger partial charge in [-0.1, -0.05) is 23.7 Å². The van der Waals surface area contributed by atoms with Gasteiger partial charge >= 0.3 is 0 Å². The van der Waals surface area contributed by atoms with E-state index in [0.29, 0.717) is 0 Å². The Morgan fingerprint density at radius 3 is 2.50 bits per heavy atom. The number of aromatic nitrogens is 2. The van der Waals surface area contributed by atoms with Crippen molar-refractivity contribution in [2.24, 2.45) is 0 Å². The van der Waals surface area contributed by atoms with E-state index in [9.17, 15) is 0 Å². The van der Waals surface area contributed by atoms with Crippen molar-refractivity contribution in [3.63, 3.8) is 0 Å². The highest BCUT2D eigenvalue weighted by atomic mass is 79.9. The molecule has 16 heavy (non-hydrogen) atoms. The Hall–Kier alpha value is -0.930. The minimum absolute atomic E-state index is 0.772. The highest BCUT2D eigenvalue weighted by Gasteiger charge is 1.98. The van der Waals surface area contributed by atoms with Gasteiger partial charge in [0.1, 0.15) is 10.9 Å². The van der Waals surface area contributed by atoms with Crippen LogP contribution in [-0.2, 0) is 12.8 Å². The van der Waals surface area contributed by atoms with Crippen molar-refractivity contribution in [1.29, 1.82) is 0 Å². The van der Waals surface area contributed by atoms with E-state index in [0.717, 1.165) is 28.2 Å². The Kier molecular flexibility index (Phi) is 3.91. The summed E-state index contributed by atoms with van der Waals surface area (Å²) in [7, 11) is 0. The minimum Gasteiger partial charge on any atom is -0.241 e. The largest absolute Gasteiger partial charge is 0.241 e. The van der Waals surface area contributed by atoms with Crippen LogP contribution < -0.4 is 0 Å². The van der Waals surface area contributed by atoms with Gasteiger partial charge in [0.05, 0.1) is 0 Å². The van der Waals surface area contributed by atoms with Crippen molar-refractivity contribution in [1.82, 2.24) is 9.97 Å². The maximum absolute atomic E-state index is 5.82. The lowest BCUT2D eigenvalue weighted by atomic mass is 10.1. The van der Waals surface area contributed by atoms with Gasteiger partial charge < -0.3 is 0 Å². The minimum atomic E-state index is 0.772. The Morgan fingerprint density at radius 1 is 1.06 bits per heavy atom. The molecule has 82 valence electrons. The van der Waals surface area contributed by atoms with Gasteiger partial charge in [-0.25, -0.2) is 9.97 Å². The van der Waals surface area contributed by atoms with Crippen LogP contribution in [0.2, 0.25) is 5.02 Å². The summed E-state index contributed by atoms with van der Waals surface area (Å²) in [5.41, 5.74) is 2.30. The molecule has 0 saturated heterocycles. The second-order valence-electron chi connectivity index (χ2n) is 3.46. The topological polar surface area (TPSA) is 25.8 Å². The number of benzene rings is 1. The Bertz CT molecular complexity index is 471. The predicted molar refractivity (Wildman–Crippen MR) is 68.6 cm³/mol. The molecule has 0 atom stereocenters. The lowest BCUT2D eigenvalue weighted by Crippen LogP contribution is -1.95. The van der Waals surface area contributed by atoms with Crippen LogP contribution in [0.1, 0.15) is 11.3 Å². The van der Waals surface area contributed by atoms with Gasteiger partial charge in [0.15, 0.2) is 0 Å². The van der Waals surface area contributed by atoms with E-state index < -0.39 is 0 Å². The Labute approximate surface area is 108 Å². The van der Waals surface area contributed by atoms with Gasteiger partial charge in [0, 0.05) is 10.7 Å². The molecular formula is C12H10BrClN2. The molecule has 0 spiro atoms. The SMILES string of the molecule is Clc1ccc(CCc2cc(Br)ncn2)cc1. The van der Waals surface area contributed by atoms with Crippen molar-refractivity contribution in [2.45, 2.75) is 12.8 Å². The van der Waals surface area contributed by atoms with E-state index in [2.05, 4.69) is 25.9 Å². The zero-order valence-electron chi connectivity index (χ0n) is 8.53. The first-order valence-electron chi connectivity index (χ1n) is 4.95. The molecular weight excluding hydrogens is 288 g/mol. The van der Waals surface area contributed by atoms with E-state index >= 15 is 0 Å². The summed E-state index contributed by atoms with van der Waals surface area (Å²) in [5, 5.41) is 0.772. The zero-order chi connectivity index (χ0) is 11.4. The molecule has 0 saturated carbocycles. The monoisotopic (exact) mass is 296 g/mol. The second-order valence-corrected chi connectivity index (χ2v) is 4.71. The van der Waals surface area contributed by atoms with E-state index in [1.54, 1.807) is 6.33 Å². The third-order valence-electron chi connectivity index (χ3n) is 2.27. The summed E-state index contributed by atoms with van der Waals surface area (Å²) in [5.74, 6) is 0. The lowest BCUT2D eigenvalue weighted by molar-refractivity contribution is 0.896. The van der Waals surface area contributed by atoms with Crippen LogP contribution in [0.3, 0.4) is 0 Å². The summed E-state index contributed by atoms with van der Waals surface area (Å²) >= 11 is 9.15. The van der Waals surface area contributed by atoms with Crippen LogP contribution in [0.4, 0.5) is 0 Å². The van der Waals surface area contributed by atoms with Crippen molar-refractivity contribution >= 4 is 27.5 Å². The summed E-state index contributed by atoms with van der Waals surface area (Å²) in [6, 6.07) is 9.84. The van der Waals surface area contributed by atoms with E-state index in [1.807, 2.05) is 30.3 Å². The summed E-state index contributed by atoms with van der Waals surface area (Å²) in [4.78, 5) is 8.20. The van der Waals surface area contributed by atoms with Gasteiger partial charge in [0.25, 0.3) is 0 Å². The van der Waals surface area contributed by atoms with Crippen molar-refractivity contribution in [3.8, 4) is 0 Å². The fourth-order valence-electron chi connectivity index (χ4n) is 1.43. The maximum Gasteiger partial charge on any atom is 0.116 e. The highest BCUT2D eigenvalue weighted by Crippen LogP contribution is 2.12. The molecule has 1 heterocycles. The summed E-state index contributed by atoms with van der Waals surface area (Å²) < 4.78 is 0.827. The van der Waals surface area contributed by atoms with E-state index in [-0.39, 0.29) is 0 Å². The number of hydrogen-bond acceptors (Lipinski definition) is 2. The molecule has 2 nitrogen and oxygen atoms in total. The van der Waals surface area contributed by atoms with Crippen LogP contribution in [0, 0.1) is 0 Å². The molecule has 4 heteroatoms. The average molecular weight is 298 g/mol.